The zero-order chi connectivity index (χ0) is 13.6. The molecule has 0 bridgehead atoms. The molecule has 5 heteroatoms. The van der Waals surface area contributed by atoms with Gasteiger partial charge in [-0.05, 0) is 33.1 Å². The summed E-state index contributed by atoms with van der Waals surface area (Å²) in [6, 6.07) is 0. The standard InChI is InChI=1S/C12H21ClO4/c1-8(14)10(16-4)6-9(12(2,3)13)7-11(15)17-5/h9-10H,6-7H2,1-5H3. The van der Waals surface area contributed by atoms with Crippen LogP contribution in [0.1, 0.15) is 33.6 Å². The summed E-state index contributed by atoms with van der Waals surface area (Å²) in [6.45, 7) is 5.09. The van der Waals surface area contributed by atoms with E-state index in [1.54, 1.807) is 0 Å². The predicted octanol–water partition coefficient (Wildman–Crippen LogP) is 2.18. The Kier molecular flexibility index (Phi) is 6.72. The highest BCUT2D eigenvalue weighted by Gasteiger charge is 2.33. The maximum Gasteiger partial charge on any atom is 0.305 e. The van der Waals surface area contributed by atoms with E-state index in [0.717, 1.165) is 0 Å². The van der Waals surface area contributed by atoms with Crippen LogP contribution in [0.2, 0.25) is 0 Å². The van der Waals surface area contributed by atoms with Gasteiger partial charge in [-0.15, -0.1) is 11.6 Å². The van der Waals surface area contributed by atoms with E-state index >= 15 is 0 Å². The van der Waals surface area contributed by atoms with Crippen molar-refractivity contribution in [2.24, 2.45) is 5.92 Å². The van der Waals surface area contributed by atoms with Crippen LogP contribution in [0.4, 0.5) is 0 Å². The van der Waals surface area contributed by atoms with Gasteiger partial charge in [-0.3, -0.25) is 9.59 Å². The number of Topliss-reactive ketones (excluding diaryl/α,β-unsaturated/α-hetero) is 1. The van der Waals surface area contributed by atoms with E-state index in [2.05, 4.69) is 4.74 Å². The van der Waals surface area contributed by atoms with E-state index in [1.807, 2.05) is 13.8 Å². The fourth-order valence-corrected chi connectivity index (χ4v) is 1.74. The van der Waals surface area contributed by atoms with E-state index < -0.39 is 11.0 Å². The van der Waals surface area contributed by atoms with Crippen LogP contribution >= 0.6 is 11.6 Å². The summed E-state index contributed by atoms with van der Waals surface area (Å²) in [5.41, 5.74) is 0. The second-order valence-corrected chi connectivity index (χ2v) is 5.59. The average Bonchev–Trinajstić information content (AvgIpc) is 2.21. The maximum absolute atomic E-state index is 11.3. The Morgan fingerprint density at radius 3 is 2.12 bits per heavy atom. The van der Waals surface area contributed by atoms with Crippen LogP contribution in [0.3, 0.4) is 0 Å². The number of ketones is 1. The Hall–Kier alpha value is -0.610. The summed E-state index contributed by atoms with van der Waals surface area (Å²) in [5.74, 6) is -0.573. The molecule has 0 amide bonds. The van der Waals surface area contributed by atoms with Gasteiger partial charge in [0.1, 0.15) is 6.10 Å². The molecule has 0 saturated heterocycles. The molecule has 0 aliphatic heterocycles. The van der Waals surface area contributed by atoms with E-state index in [1.165, 1.54) is 21.1 Å². The van der Waals surface area contributed by atoms with Crippen LogP contribution in [-0.2, 0) is 19.1 Å². The highest BCUT2D eigenvalue weighted by atomic mass is 35.5. The summed E-state index contributed by atoms with van der Waals surface area (Å²) < 4.78 is 9.72. The number of halogens is 1. The topological polar surface area (TPSA) is 52.6 Å². The van der Waals surface area contributed by atoms with Crippen molar-refractivity contribution in [3.63, 3.8) is 0 Å². The molecular weight excluding hydrogens is 244 g/mol. The third-order valence-corrected chi connectivity index (χ3v) is 3.16. The molecule has 4 nitrogen and oxygen atoms in total. The first-order chi connectivity index (χ1) is 7.72. The van der Waals surface area contributed by atoms with Gasteiger partial charge in [-0.25, -0.2) is 0 Å². The van der Waals surface area contributed by atoms with Crippen molar-refractivity contribution in [3.05, 3.63) is 0 Å². The fraction of sp³-hybridized carbons (Fsp3) is 0.833. The van der Waals surface area contributed by atoms with Gasteiger partial charge in [0.15, 0.2) is 5.78 Å². The van der Waals surface area contributed by atoms with E-state index in [4.69, 9.17) is 16.3 Å². The summed E-state index contributed by atoms with van der Waals surface area (Å²) in [7, 11) is 2.81. The molecule has 0 N–H and O–H groups in total. The summed E-state index contributed by atoms with van der Waals surface area (Å²) in [6.07, 6.45) is 0.0695. The van der Waals surface area contributed by atoms with Crippen LogP contribution in [0.15, 0.2) is 0 Å². The zero-order valence-electron chi connectivity index (χ0n) is 11.1. The molecule has 2 unspecified atom stereocenters. The molecule has 0 aliphatic carbocycles. The van der Waals surface area contributed by atoms with Crippen molar-refractivity contribution < 1.29 is 19.1 Å². The van der Waals surface area contributed by atoms with Gasteiger partial charge in [0, 0.05) is 12.0 Å². The van der Waals surface area contributed by atoms with Crippen LogP contribution in [0.25, 0.3) is 0 Å². The second-order valence-electron chi connectivity index (χ2n) is 4.61. The lowest BCUT2D eigenvalue weighted by Crippen LogP contribution is -2.34. The minimum absolute atomic E-state index is 0.0664. The maximum atomic E-state index is 11.3. The van der Waals surface area contributed by atoms with Crippen LogP contribution < -0.4 is 0 Å². The number of ether oxygens (including phenoxy) is 2. The van der Waals surface area contributed by atoms with Crippen molar-refractivity contribution in [2.45, 2.75) is 44.6 Å². The quantitative estimate of drug-likeness (QED) is 0.522. The summed E-state index contributed by atoms with van der Waals surface area (Å²) >= 11 is 6.23. The van der Waals surface area contributed by atoms with Crippen molar-refractivity contribution >= 4 is 23.4 Å². The molecule has 0 spiro atoms. The number of carbonyl (C=O) groups is 2. The van der Waals surface area contributed by atoms with Crippen molar-refractivity contribution in [1.82, 2.24) is 0 Å². The number of hydrogen-bond donors (Lipinski definition) is 0. The van der Waals surface area contributed by atoms with Gasteiger partial charge in [0.2, 0.25) is 0 Å². The predicted molar refractivity (Wildman–Crippen MR) is 66.2 cm³/mol. The fourth-order valence-electron chi connectivity index (χ4n) is 1.58. The van der Waals surface area contributed by atoms with Gasteiger partial charge in [0.05, 0.1) is 13.5 Å². The molecule has 100 valence electrons. The molecule has 0 rings (SSSR count). The third-order valence-electron chi connectivity index (χ3n) is 2.85. The summed E-state index contributed by atoms with van der Waals surface area (Å²) in [5, 5.41) is 0. The van der Waals surface area contributed by atoms with Gasteiger partial charge >= 0.3 is 5.97 Å². The molecule has 0 heterocycles. The highest BCUT2D eigenvalue weighted by molar-refractivity contribution is 6.23. The van der Waals surface area contributed by atoms with Crippen LogP contribution in [0, 0.1) is 5.92 Å². The van der Waals surface area contributed by atoms with Crippen molar-refractivity contribution in [1.29, 1.82) is 0 Å². The van der Waals surface area contributed by atoms with Crippen LogP contribution in [-0.4, -0.2) is 37.0 Å². The molecule has 0 aromatic rings. The monoisotopic (exact) mass is 264 g/mol. The Labute approximate surface area is 108 Å². The Bertz CT molecular complexity index is 270. The van der Waals surface area contributed by atoms with Gasteiger partial charge in [-0.2, -0.15) is 0 Å². The lowest BCUT2D eigenvalue weighted by Gasteiger charge is -2.29. The normalized spacial score (nSPS) is 15.2. The molecule has 0 aliphatic rings. The highest BCUT2D eigenvalue weighted by Crippen LogP contribution is 2.32. The minimum atomic E-state index is -0.597. The molecular formula is C12H21ClO4. The SMILES string of the molecule is COC(=O)CC(CC(OC)C(C)=O)C(C)(C)Cl. The number of carbonyl (C=O) groups excluding carboxylic acids is 2. The van der Waals surface area contributed by atoms with Crippen molar-refractivity contribution in [2.75, 3.05) is 14.2 Å². The number of alkyl halides is 1. The zero-order valence-corrected chi connectivity index (χ0v) is 11.8. The minimum Gasteiger partial charge on any atom is -0.469 e. The molecule has 2 atom stereocenters. The first-order valence-corrected chi connectivity index (χ1v) is 5.89. The molecule has 0 aromatic carbocycles. The largest absolute Gasteiger partial charge is 0.469 e. The van der Waals surface area contributed by atoms with Gasteiger partial charge in [-0.1, -0.05) is 0 Å². The second kappa shape index (κ2) is 6.97. The molecule has 0 fully saturated rings. The molecule has 0 radical (unpaired) electrons. The summed E-state index contributed by atoms with van der Waals surface area (Å²) in [4.78, 5) is 22.0. The Morgan fingerprint density at radius 2 is 1.82 bits per heavy atom. The number of hydrogen-bond acceptors (Lipinski definition) is 4. The molecule has 17 heavy (non-hydrogen) atoms. The Balaban J connectivity index is 4.70. The van der Waals surface area contributed by atoms with E-state index in [-0.39, 0.29) is 24.1 Å². The average molecular weight is 265 g/mol. The molecule has 0 aromatic heterocycles. The number of esters is 1. The number of methoxy groups -OCH3 is 2. The first-order valence-electron chi connectivity index (χ1n) is 5.51. The lowest BCUT2D eigenvalue weighted by atomic mass is 9.86. The molecule has 0 saturated carbocycles. The van der Waals surface area contributed by atoms with E-state index in [9.17, 15) is 9.59 Å². The van der Waals surface area contributed by atoms with Gasteiger partial charge in [0.25, 0.3) is 0 Å². The number of rotatable bonds is 7. The Morgan fingerprint density at radius 1 is 1.29 bits per heavy atom. The lowest BCUT2D eigenvalue weighted by molar-refractivity contribution is -0.143. The van der Waals surface area contributed by atoms with Crippen molar-refractivity contribution in [3.8, 4) is 0 Å². The van der Waals surface area contributed by atoms with Gasteiger partial charge < -0.3 is 9.47 Å². The first kappa shape index (κ1) is 16.4. The van der Waals surface area contributed by atoms with E-state index in [0.29, 0.717) is 6.42 Å². The third kappa shape index (κ3) is 6.03. The van der Waals surface area contributed by atoms with Crippen LogP contribution in [0.5, 0.6) is 0 Å². The smallest absolute Gasteiger partial charge is 0.305 e.